The zero-order valence-corrected chi connectivity index (χ0v) is 9.97. The van der Waals surface area contributed by atoms with Gasteiger partial charge in [0.05, 0.1) is 4.90 Å². The molecular weight excluding hydrogens is 227 g/mol. The molecule has 2 atom stereocenters. The summed E-state index contributed by atoms with van der Waals surface area (Å²) in [5.41, 5.74) is 0.969. The molecule has 0 saturated carbocycles. The monoisotopic (exact) mass is 242 g/mol. The van der Waals surface area contributed by atoms with Gasteiger partial charge in [0, 0.05) is 6.54 Å². The van der Waals surface area contributed by atoms with Gasteiger partial charge in [0.25, 0.3) is 0 Å². The Labute approximate surface area is 97.0 Å². The van der Waals surface area contributed by atoms with Gasteiger partial charge < -0.3 is 4.90 Å². The van der Waals surface area contributed by atoms with Crippen molar-refractivity contribution in [1.29, 1.82) is 0 Å². The molecule has 1 heterocycles. The summed E-state index contributed by atoms with van der Waals surface area (Å²) in [5.74, 6) is -0.0901. The predicted molar refractivity (Wildman–Crippen MR) is 61.9 cm³/mol. The van der Waals surface area contributed by atoms with E-state index >= 15 is 0 Å². The molecule has 1 saturated heterocycles. The van der Waals surface area contributed by atoms with E-state index in [4.69, 9.17) is 5.14 Å². The van der Waals surface area contributed by atoms with Crippen molar-refractivity contribution in [2.75, 3.05) is 20.1 Å². The van der Waals surface area contributed by atoms with Crippen LogP contribution < -0.4 is 5.14 Å². The maximum atomic E-state index is 13.6. The normalized spacial score (nSPS) is 23.6. The second kappa shape index (κ2) is 4.61. The number of nitrogens with zero attached hydrogens (tertiary/aromatic N) is 1. The highest BCUT2D eigenvalue weighted by molar-refractivity contribution is 7.82. The van der Waals surface area contributed by atoms with E-state index in [0.29, 0.717) is 5.92 Å². The maximum Gasteiger partial charge on any atom is 0.140 e. The number of halogens is 1. The molecule has 88 valence electrons. The first kappa shape index (κ1) is 11.7. The van der Waals surface area contributed by atoms with Crippen LogP contribution in [0, 0.1) is 5.82 Å². The van der Waals surface area contributed by atoms with E-state index in [-0.39, 0.29) is 4.90 Å². The van der Waals surface area contributed by atoms with Crippen LogP contribution in [0.4, 0.5) is 4.39 Å². The highest BCUT2D eigenvalue weighted by atomic mass is 32.2. The van der Waals surface area contributed by atoms with Crippen molar-refractivity contribution in [3.8, 4) is 0 Å². The summed E-state index contributed by atoms with van der Waals surface area (Å²) in [5, 5.41) is 5.16. The van der Waals surface area contributed by atoms with E-state index in [0.717, 1.165) is 25.1 Å². The number of nitrogens with two attached hydrogens (primary N) is 1. The number of hydrogen-bond acceptors (Lipinski definition) is 2. The summed E-state index contributed by atoms with van der Waals surface area (Å²) in [6.07, 6.45) is 1.04. The van der Waals surface area contributed by atoms with Crippen LogP contribution in [0.5, 0.6) is 0 Å². The third kappa shape index (κ3) is 2.31. The lowest BCUT2D eigenvalue weighted by Crippen LogP contribution is -2.13. The third-order valence-corrected chi connectivity index (χ3v) is 3.80. The Balaban J connectivity index is 2.24. The van der Waals surface area contributed by atoms with Crippen LogP contribution in [0.3, 0.4) is 0 Å². The summed E-state index contributed by atoms with van der Waals surface area (Å²) in [6.45, 7) is 1.99. The first-order valence-electron chi connectivity index (χ1n) is 5.22. The van der Waals surface area contributed by atoms with Gasteiger partial charge in [-0.1, -0.05) is 6.07 Å². The van der Waals surface area contributed by atoms with Gasteiger partial charge in [-0.3, -0.25) is 0 Å². The molecule has 1 fully saturated rings. The predicted octanol–water partition coefficient (Wildman–Crippen LogP) is 1.23. The molecule has 2 rings (SSSR count). The van der Waals surface area contributed by atoms with E-state index in [2.05, 4.69) is 11.9 Å². The van der Waals surface area contributed by atoms with Gasteiger partial charge in [0.15, 0.2) is 0 Å². The van der Waals surface area contributed by atoms with Crippen molar-refractivity contribution in [3.63, 3.8) is 0 Å². The fourth-order valence-corrected chi connectivity index (χ4v) is 2.59. The molecule has 1 aromatic carbocycles. The van der Waals surface area contributed by atoms with Crippen molar-refractivity contribution >= 4 is 11.0 Å². The molecule has 0 bridgehead atoms. The molecule has 2 unspecified atom stereocenters. The lowest BCUT2D eigenvalue weighted by molar-refractivity contribution is 0.411. The number of hydrogen-bond donors (Lipinski definition) is 1. The number of likely N-dealkylation sites (N-methyl/N-ethyl adjacent to an activating group) is 1. The highest BCUT2D eigenvalue weighted by Gasteiger charge is 2.22. The largest absolute Gasteiger partial charge is 0.306 e. The molecule has 0 aliphatic carbocycles. The zero-order valence-electron chi connectivity index (χ0n) is 9.15. The lowest BCUT2D eigenvalue weighted by atomic mass is 9.98. The van der Waals surface area contributed by atoms with Crippen LogP contribution in [-0.2, 0) is 11.0 Å². The average molecular weight is 242 g/mol. The molecule has 5 heteroatoms. The second-order valence-electron chi connectivity index (χ2n) is 4.24. The van der Waals surface area contributed by atoms with Gasteiger partial charge in [0.1, 0.15) is 16.8 Å². The summed E-state index contributed by atoms with van der Waals surface area (Å²) < 4.78 is 24.6. The summed E-state index contributed by atoms with van der Waals surface area (Å²) >= 11 is 0. The molecule has 3 nitrogen and oxygen atoms in total. The number of benzene rings is 1. The van der Waals surface area contributed by atoms with Crippen LogP contribution in [-0.4, -0.2) is 29.2 Å². The Morgan fingerprint density at radius 2 is 2.31 bits per heavy atom. The van der Waals surface area contributed by atoms with Crippen molar-refractivity contribution < 1.29 is 8.60 Å². The van der Waals surface area contributed by atoms with Crippen LogP contribution >= 0.6 is 0 Å². The average Bonchev–Trinajstić information content (AvgIpc) is 2.64. The van der Waals surface area contributed by atoms with Crippen LogP contribution in [0.1, 0.15) is 17.9 Å². The first-order valence-corrected chi connectivity index (χ1v) is 6.43. The molecule has 1 aliphatic rings. The number of rotatable bonds is 2. The highest BCUT2D eigenvalue weighted by Crippen LogP contribution is 2.27. The minimum absolute atomic E-state index is 0.0788. The van der Waals surface area contributed by atoms with Gasteiger partial charge >= 0.3 is 0 Å². The topological polar surface area (TPSA) is 46.3 Å². The van der Waals surface area contributed by atoms with E-state index in [1.807, 2.05) is 6.07 Å². The molecule has 0 amide bonds. The van der Waals surface area contributed by atoms with E-state index in [9.17, 15) is 8.60 Å². The summed E-state index contributed by atoms with van der Waals surface area (Å²) in [4.78, 5) is 2.30. The zero-order chi connectivity index (χ0) is 11.7. The fraction of sp³-hybridized carbons (Fsp3) is 0.455. The Morgan fingerprint density at radius 1 is 1.56 bits per heavy atom. The molecule has 16 heavy (non-hydrogen) atoms. The Kier molecular flexibility index (Phi) is 3.37. The Morgan fingerprint density at radius 3 is 2.81 bits per heavy atom. The maximum absolute atomic E-state index is 13.6. The van der Waals surface area contributed by atoms with Gasteiger partial charge in [-0.25, -0.2) is 13.7 Å². The van der Waals surface area contributed by atoms with Gasteiger partial charge in [-0.05, 0) is 43.6 Å². The standard InChI is InChI=1S/C11H15FN2OS/c1-14-5-4-9(7-14)8-2-3-11(16(13)15)10(12)6-8/h2-3,6,9H,4-5,7,13H2,1H3. The van der Waals surface area contributed by atoms with E-state index < -0.39 is 16.8 Å². The van der Waals surface area contributed by atoms with Crippen molar-refractivity contribution in [3.05, 3.63) is 29.6 Å². The molecule has 1 aliphatic heterocycles. The third-order valence-electron chi connectivity index (χ3n) is 3.04. The minimum Gasteiger partial charge on any atom is -0.306 e. The summed E-state index contributed by atoms with van der Waals surface area (Å²) in [6, 6.07) is 4.82. The van der Waals surface area contributed by atoms with E-state index in [1.54, 1.807) is 0 Å². The molecule has 0 aromatic heterocycles. The van der Waals surface area contributed by atoms with Gasteiger partial charge in [-0.15, -0.1) is 0 Å². The number of likely N-dealkylation sites (tertiary alicyclic amines) is 1. The van der Waals surface area contributed by atoms with Crippen molar-refractivity contribution in [2.45, 2.75) is 17.2 Å². The molecule has 2 N–H and O–H groups in total. The molecule has 1 aromatic rings. The summed E-state index contributed by atoms with van der Waals surface area (Å²) in [7, 11) is 0.313. The molecular formula is C11H15FN2OS. The van der Waals surface area contributed by atoms with E-state index in [1.165, 1.54) is 12.1 Å². The first-order chi connectivity index (χ1) is 7.58. The van der Waals surface area contributed by atoms with Crippen molar-refractivity contribution in [2.24, 2.45) is 5.14 Å². The second-order valence-corrected chi connectivity index (χ2v) is 5.27. The Bertz CT molecular complexity index is 424. The van der Waals surface area contributed by atoms with Crippen LogP contribution in [0.25, 0.3) is 0 Å². The quantitative estimate of drug-likeness (QED) is 0.847. The lowest BCUT2D eigenvalue weighted by Gasteiger charge is -2.11. The minimum atomic E-state index is -1.74. The fourth-order valence-electron chi connectivity index (χ4n) is 2.14. The SMILES string of the molecule is CN1CCC(c2ccc(S(N)=O)c(F)c2)C1. The smallest absolute Gasteiger partial charge is 0.140 e. The molecule has 0 spiro atoms. The van der Waals surface area contributed by atoms with Gasteiger partial charge in [-0.2, -0.15) is 0 Å². The van der Waals surface area contributed by atoms with Crippen LogP contribution in [0.15, 0.2) is 23.1 Å². The Hall–Kier alpha value is -0.780. The van der Waals surface area contributed by atoms with Crippen molar-refractivity contribution in [1.82, 2.24) is 4.90 Å². The van der Waals surface area contributed by atoms with Gasteiger partial charge in [0.2, 0.25) is 0 Å². The molecule has 0 radical (unpaired) electrons. The van der Waals surface area contributed by atoms with Crippen LogP contribution in [0.2, 0.25) is 0 Å².